The average molecular weight is 359 g/mol. The number of hydrogen-bond donors (Lipinski definition) is 1. The van der Waals surface area contributed by atoms with E-state index in [1.54, 1.807) is 31.9 Å². The lowest BCUT2D eigenvalue weighted by atomic mass is 10.0. The topological polar surface area (TPSA) is 67.7 Å². The number of likely N-dealkylation sites (N-methyl/N-ethyl adjacent to an activating group) is 1. The first-order valence-electron chi connectivity index (χ1n) is 8.03. The summed E-state index contributed by atoms with van der Waals surface area (Å²) in [6, 6.07) is 5.86. The first-order valence-corrected chi connectivity index (χ1v) is 8.91. The van der Waals surface area contributed by atoms with E-state index in [2.05, 4.69) is 20.2 Å². The van der Waals surface area contributed by atoms with Crippen LogP contribution in [0, 0.1) is 0 Å². The fourth-order valence-electron chi connectivity index (χ4n) is 2.85. The van der Waals surface area contributed by atoms with Crippen molar-refractivity contribution in [3.8, 4) is 22.6 Å². The highest BCUT2D eigenvalue weighted by Gasteiger charge is 2.18. The molecule has 0 atom stereocenters. The molecule has 0 bridgehead atoms. The molecule has 2 aromatic heterocycles. The van der Waals surface area contributed by atoms with E-state index in [0.29, 0.717) is 18.0 Å². The number of nitrogens with zero attached hydrogens (tertiary/aromatic N) is 3. The van der Waals surface area contributed by atoms with E-state index in [1.165, 1.54) is 0 Å². The first kappa shape index (κ1) is 17.4. The third-order valence-electron chi connectivity index (χ3n) is 4.10. The zero-order chi connectivity index (χ0) is 17.8. The van der Waals surface area contributed by atoms with Gasteiger partial charge >= 0.3 is 0 Å². The average Bonchev–Trinajstić information content (AvgIpc) is 3.10. The van der Waals surface area contributed by atoms with Crippen LogP contribution in [0.15, 0.2) is 29.9 Å². The smallest absolute Gasteiger partial charge is 0.161 e. The SMILES string of the molecule is CCN(CCO)c1ncnc2scc(-c3ccc(OC)c(OC)c3)c12. The predicted octanol–water partition coefficient (Wildman–Crippen LogP) is 3.19. The Morgan fingerprint density at radius 3 is 2.64 bits per heavy atom. The molecular formula is C18H21N3O3S. The molecule has 7 heteroatoms. The van der Waals surface area contributed by atoms with Gasteiger partial charge < -0.3 is 19.5 Å². The van der Waals surface area contributed by atoms with E-state index >= 15 is 0 Å². The lowest BCUT2D eigenvalue weighted by molar-refractivity contribution is 0.302. The summed E-state index contributed by atoms with van der Waals surface area (Å²) in [5.41, 5.74) is 2.06. The summed E-state index contributed by atoms with van der Waals surface area (Å²) in [5.74, 6) is 2.21. The van der Waals surface area contributed by atoms with Crippen molar-refractivity contribution in [2.24, 2.45) is 0 Å². The maximum atomic E-state index is 9.35. The Morgan fingerprint density at radius 1 is 1.16 bits per heavy atom. The number of anilines is 1. The quantitative estimate of drug-likeness (QED) is 0.699. The van der Waals surface area contributed by atoms with Gasteiger partial charge in [-0.05, 0) is 24.6 Å². The standard InChI is InChI=1S/C18H21N3O3S/c1-4-21(7-8-22)17-16-13(10-25-18(16)20-11-19-17)12-5-6-14(23-2)15(9-12)24-3/h5-6,9-11,22H,4,7-8H2,1-3H3. The summed E-state index contributed by atoms with van der Waals surface area (Å²) in [6.07, 6.45) is 1.58. The van der Waals surface area contributed by atoms with E-state index in [1.807, 2.05) is 25.1 Å². The summed E-state index contributed by atoms with van der Waals surface area (Å²) in [4.78, 5) is 11.9. The third-order valence-corrected chi connectivity index (χ3v) is 4.98. The van der Waals surface area contributed by atoms with E-state index in [0.717, 1.165) is 33.7 Å². The van der Waals surface area contributed by atoms with Gasteiger partial charge in [-0.1, -0.05) is 6.07 Å². The van der Waals surface area contributed by atoms with Gasteiger partial charge in [0.2, 0.25) is 0 Å². The highest BCUT2D eigenvalue weighted by molar-refractivity contribution is 7.17. The second-order valence-corrected chi connectivity index (χ2v) is 6.26. The molecule has 0 aliphatic rings. The normalized spacial score (nSPS) is 10.9. The Balaban J connectivity index is 2.17. The molecule has 0 fully saturated rings. The van der Waals surface area contributed by atoms with Gasteiger partial charge in [-0.3, -0.25) is 0 Å². The molecule has 1 N–H and O–H groups in total. The second-order valence-electron chi connectivity index (χ2n) is 5.40. The molecule has 0 aliphatic carbocycles. The number of aromatic nitrogens is 2. The van der Waals surface area contributed by atoms with Crippen LogP contribution in [-0.2, 0) is 0 Å². The van der Waals surface area contributed by atoms with Gasteiger partial charge in [-0.25, -0.2) is 9.97 Å². The highest BCUT2D eigenvalue weighted by Crippen LogP contribution is 2.40. The van der Waals surface area contributed by atoms with Gasteiger partial charge in [0.05, 0.1) is 26.2 Å². The summed E-state index contributed by atoms with van der Waals surface area (Å²) in [5, 5.41) is 12.4. The van der Waals surface area contributed by atoms with Crippen molar-refractivity contribution in [3.05, 3.63) is 29.9 Å². The lowest BCUT2D eigenvalue weighted by Gasteiger charge is -2.22. The maximum Gasteiger partial charge on any atom is 0.161 e. The molecule has 1 aromatic carbocycles. The van der Waals surface area contributed by atoms with Crippen molar-refractivity contribution >= 4 is 27.4 Å². The Kier molecular flexibility index (Phi) is 5.35. The number of aliphatic hydroxyl groups excluding tert-OH is 1. The van der Waals surface area contributed by atoms with E-state index < -0.39 is 0 Å². The number of rotatable bonds is 7. The van der Waals surface area contributed by atoms with Crippen molar-refractivity contribution in [2.45, 2.75) is 6.92 Å². The van der Waals surface area contributed by atoms with Crippen molar-refractivity contribution in [3.63, 3.8) is 0 Å². The van der Waals surface area contributed by atoms with Gasteiger partial charge in [-0.15, -0.1) is 11.3 Å². The number of thiophene rings is 1. The Hall–Kier alpha value is -2.38. The number of benzene rings is 1. The van der Waals surface area contributed by atoms with Crippen LogP contribution in [0.25, 0.3) is 21.3 Å². The van der Waals surface area contributed by atoms with Gasteiger partial charge in [0.1, 0.15) is 17.0 Å². The molecule has 3 rings (SSSR count). The van der Waals surface area contributed by atoms with Crippen LogP contribution in [0.5, 0.6) is 11.5 Å². The molecule has 132 valence electrons. The molecule has 3 aromatic rings. The zero-order valence-corrected chi connectivity index (χ0v) is 15.3. The van der Waals surface area contributed by atoms with Gasteiger partial charge in [0.25, 0.3) is 0 Å². The Bertz CT molecular complexity index is 866. The summed E-state index contributed by atoms with van der Waals surface area (Å²) in [7, 11) is 3.25. The minimum Gasteiger partial charge on any atom is -0.493 e. The van der Waals surface area contributed by atoms with Gasteiger partial charge in [0, 0.05) is 24.0 Å². The van der Waals surface area contributed by atoms with Gasteiger partial charge in [0.15, 0.2) is 11.5 Å². The summed E-state index contributed by atoms with van der Waals surface area (Å²) < 4.78 is 10.8. The van der Waals surface area contributed by atoms with E-state index in [-0.39, 0.29) is 6.61 Å². The summed E-state index contributed by atoms with van der Waals surface area (Å²) >= 11 is 1.58. The van der Waals surface area contributed by atoms with Crippen LogP contribution < -0.4 is 14.4 Å². The van der Waals surface area contributed by atoms with Crippen LogP contribution >= 0.6 is 11.3 Å². The van der Waals surface area contributed by atoms with Crippen molar-refractivity contribution < 1.29 is 14.6 Å². The molecule has 0 spiro atoms. The molecule has 0 saturated carbocycles. The van der Waals surface area contributed by atoms with Crippen LogP contribution in [-0.4, -0.2) is 49.0 Å². The fraction of sp³-hybridized carbons (Fsp3) is 0.333. The number of ether oxygens (including phenoxy) is 2. The maximum absolute atomic E-state index is 9.35. The Labute approximate surface area is 150 Å². The highest BCUT2D eigenvalue weighted by atomic mass is 32.1. The third kappa shape index (κ3) is 3.25. The number of methoxy groups -OCH3 is 2. The van der Waals surface area contributed by atoms with E-state index in [9.17, 15) is 5.11 Å². The minimum atomic E-state index is 0.0785. The number of aliphatic hydroxyl groups is 1. The molecular weight excluding hydrogens is 338 g/mol. The van der Waals surface area contributed by atoms with Crippen LogP contribution in [0.3, 0.4) is 0 Å². The zero-order valence-electron chi connectivity index (χ0n) is 14.5. The molecule has 25 heavy (non-hydrogen) atoms. The predicted molar refractivity (Wildman–Crippen MR) is 101 cm³/mol. The van der Waals surface area contributed by atoms with Crippen molar-refractivity contribution in [1.82, 2.24) is 9.97 Å². The second kappa shape index (κ2) is 7.67. The molecule has 0 aliphatic heterocycles. The van der Waals surface area contributed by atoms with Crippen LogP contribution in [0.4, 0.5) is 5.82 Å². The number of fused-ring (bicyclic) bond motifs is 1. The monoisotopic (exact) mass is 359 g/mol. The molecule has 0 radical (unpaired) electrons. The fourth-order valence-corrected chi connectivity index (χ4v) is 3.76. The number of hydrogen-bond acceptors (Lipinski definition) is 7. The molecule has 0 amide bonds. The molecule has 0 unspecified atom stereocenters. The van der Waals surface area contributed by atoms with Crippen molar-refractivity contribution in [2.75, 3.05) is 38.8 Å². The van der Waals surface area contributed by atoms with Crippen LogP contribution in [0.2, 0.25) is 0 Å². The van der Waals surface area contributed by atoms with Crippen LogP contribution in [0.1, 0.15) is 6.92 Å². The molecule has 0 saturated heterocycles. The minimum absolute atomic E-state index is 0.0785. The lowest BCUT2D eigenvalue weighted by Crippen LogP contribution is -2.27. The van der Waals surface area contributed by atoms with Crippen molar-refractivity contribution in [1.29, 1.82) is 0 Å². The van der Waals surface area contributed by atoms with E-state index in [4.69, 9.17) is 9.47 Å². The molecule has 6 nitrogen and oxygen atoms in total. The first-order chi connectivity index (χ1) is 12.2. The Morgan fingerprint density at radius 2 is 1.96 bits per heavy atom. The van der Waals surface area contributed by atoms with Gasteiger partial charge in [-0.2, -0.15) is 0 Å². The largest absolute Gasteiger partial charge is 0.493 e. The summed E-state index contributed by atoms with van der Waals surface area (Å²) in [6.45, 7) is 3.42. The molecule has 2 heterocycles.